The van der Waals surface area contributed by atoms with Crippen molar-refractivity contribution in [3.8, 4) is 0 Å². The number of nitrogens with zero attached hydrogens (tertiary/aromatic N) is 2. The summed E-state index contributed by atoms with van der Waals surface area (Å²) in [5.74, 6) is -0.610. The van der Waals surface area contributed by atoms with Gasteiger partial charge in [0.2, 0.25) is 5.91 Å². The number of hydrogen-bond acceptors (Lipinski definition) is 6. The Morgan fingerprint density at radius 1 is 1.00 bits per heavy atom. The van der Waals surface area contributed by atoms with Crippen molar-refractivity contribution in [1.82, 2.24) is 15.1 Å². The molecule has 1 heterocycles. The van der Waals surface area contributed by atoms with E-state index < -0.39 is 12.1 Å². The van der Waals surface area contributed by atoms with E-state index >= 15 is 0 Å². The maximum Gasteiger partial charge on any atom is 0.332 e. The molecule has 7 nitrogen and oxygen atoms in total. The predicted molar refractivity (Wildman–Crippen MR) is 133 cm³/mol. The lowest BCUT2D eigenvalue weighted by atomic mass is 9.96. The number of esters is 1. The fourth-order valence-electron chi connectivity index (χ4n) is 4.15. The predicted octanol–water partition coefficient (Wildman–Crippen LogP) is 3.13. The highest BCUT2D eigenvalue weighted by Crippen LogP contribution is 2.30. The van der Waals surface area contributed by atoms with E-state index in [4.69, 9.17) is 21.1 Å². The zero-order valence-electron chi connectivity index (χ0n) is 19.9. The largest absolute Gasteiger partial charge is 0.460 e. The summed E-state index contributed by atoms with van der Waals surface area (Å²) >= 11 is 6.12. The van der Waals surface area contributed by atoms with Crippen LogP contribution in [-0.2, 0) is 19.1 Å². The van der Waals surface area contributed by atoms with Gasteiger partial charge >= 0.3 is 5.97 Å². The summed E-state index contributed by atoms with van der Waals surface area (Å²) in [5.41, 5.74) is 2.50. The van der Waals surface area contributed by atoms with Crippen LogP contribution in [-0.4, -0.2) is 80.8 Å². The molecule has 0 radical (unpaired) electrons. The molecule has 2 aromatic rings. The van der Waals surface area contributed by atoms with E-state index in [2.05, 4.69) is 51.5 Å². The summed E-state index contributed by atoms with van der Waals surface area (Å²) in [6.45, 7) is 6.51. The average molecular weight is 488 g/mol. The van der Waals surface area contributed by atoms with E-state index in [-0.39, 0.29) is 25.0 Å². The molecule has 2 atom stereocenters. The molecule has 1 N–H and O–H groups in total. The number of carbonyl (C=O) groups excluding carboxylic acids is 2. The molecule has 1 aliphatic rings. The molecule has 1 amide bonds. The third-order valence-electron chi connectivity index (χ3n) is 5.93. The highest BCUT2D eigenvalue weighted by molar-refractivity contribution is 6.30. The molecule has 1 saturated heterocycles. The summed E-state index contributed by atoms with van der Waals surface area (Å²) in [7, 11) is 1.55. The van der Waals surface area contributed by atoms with Gasteiger partial charge in [0.15, 0.2) is 0 Å². The lowest BCUT2D eigenvalue weighted by Crippen LogP contribution is -2.48. The molecule has 2 aromatic carbocycles. The van der Waals surface area contributed by atoms with Gasteiger partial charge < -0.3 is 14.8 Å². The van der Waals surface area contributed by atoms with Crippen LogP contribution >= 0.6 is 11.6 Å². The van der Waals surface area contributed by atoms with E-state index in [1.165, 1.54) is 11.1 Å². The van der Waals surface area contributed by atoms with Crippen LogP contribution in [0.15, 0.2) is 54.6 Å². The normalized spacial score (nSPS) is 16.6. The van der Waals surface area contributed by atoms with Gasteiger partial charge in [-0.2, -0.15) is 0 Å². The number of nitrogens with one attached hydrogen (secondary N) is 1. The Kier molecular flexibility index (Phi) is 10.3. The van der Waals surface area contributed by atoms with Crippen LogP contribution in [0.2, 0.25) is 5.02 Å². The summed E-state index contributed by atoms with van der Waals surface area (Å²) in [6.07, 6.45) is -0.325. The minimum atomic E-state index is -0.470. The molecule has 1 fully saturated rings. The maximum absolute atomic E-state index is 11.9. The fraction of sp³-hybridized carbons (Fsp3) is 0.462. The molecule has 184 valence electrons. The molecular weight excluding hydrogens is 454 g/mol. The molecule has 0 saturated carbocycles. The number of benzene rings is 2. The SMILES string of the molecule is CNC(=O)CC(C)OC(=O)COCCN1CCN(C(c2ccccc2)c2ccc(Cl)cc2)CC1. The number of piperazine rings is 1. The second-order valence-corrected chi connectivity index (χ2v) is 8.91. The van der Waals surface area contributed by atoms with Crippen LogP contribution in [0.1, 0.15) is 30.5 Å². The standard InChI is InChI=1S/C26H34ClN3O4/c1-20(18-24(31)28-2)34-25(32)19-33-17-16-29-12-14-30(15-13-29)26(21-6-4-3-5-7-21)22-8-10-23(27)11-9-22/h3-11,20,26H,12-19H2,1-2H3,(H,28,31). The van der Waals surface area contributed by atoms with Gasteiger partial charge in [0.05, 0.1) is 19.1 Å². The van der Waals surface area contributed by atoms with Gasteiger partial charge in [0.1, 0.15) is 12.7 Å². The van der Waals surface area contributed by atoms with Gasteiger partial charge in [-0.15, -0.1) is 0 Å². The minimum absolute atomic E-state index is 0.106. The monoisotopic (exact) mass is 487 g/mol. The third kappa shape index (κ3) is 8.09. The quantitative estimate of drug-likeness (QED) is 0.388. The van der Waals surface area contributed by atoms with E-state index in [1.54, 1.807) is 14.0 Å². The maximum atomic E-state index is 11.9. The Balaban J connectivity index is 1.43. The Morgan fingerprint density at radius 3 is 2.29 bits per heavy atom. The summed E-state index contributed by atoms with van der Waals surface area (Å²) in [6, 6.07) is 18.8. The second kappa shape index (κ2) is 13.4. The number of carbonyl (C=O) groups is 2. The van der Waals surface area contributed by atoms with Gasteiger partial charge in [0.25, 0.3) is 0 Å². The van der Waals surface area contributed by atoms with Crippen molar-refractivity contribution in [1.29, 1.82) is 0 Å². The Bertz CT molecular complexity index is 902. The Hall–Kier alpha value is -2.45. The summed E-state index contributed by atoms with van der Waals surface area (Å²) < 4.78 is 10.7. The first-order valence-electron chi connectivity index (χ1n) is 11.7. The molecule has 34 heavy (non-hydrogen) atoms. The number of ether oxygens (including phenoxy) is 2. The molecule has 0 spiro atoms. The summed E-state index contributed by atoms with van der Waals surface area (Å²) in [5, 5.41) is 3.25. The lowest BCUT2D eigenvalue weighted by molar-refractivity contribution is -0.154. The molecule has 1 aliphatic heterocycles. The van der Waals surface area contributed by atoms with Crippen molar-refractivity contribution in [2.24, 2.45) is 0 Å². The molecule has 8 heteroatoms. The van der Waals surface area contributed by atoms with Crippen molar-refractivity contribution < 1.29 is 19.1 Å². The topological polar surface area (TPSA) is 71.1 Å². The number of amides is 1. The smallest absolute Gasteiger partial charge is 0.332 e. The third-order valence-corrected chi connectivity index (χ3v) is 6.18. The van der Waals surface area contributed by atoms with Crippen LogP contribution in [0.5, 0.6) is 0 Å². The van der Waals surface area contributed by atoms with Gasteiger partial charge in [-0.3, -0.25) is 14.6 Å². The zero-order chi connectivity index (χ0) is 24.3. The summed E-state index contributed by atoms with van der Waals surface area (Å²) in [4.78, 5) is 28.1. The first-order valence-corrected chi connectivity index (χ1v) is 12.1. The fourth-order valence-corrected chi connectivity index (χ4v) is 4.28. The van der Waals surface area contributed by atoms with Crippen LogP contribution in [0.3, 0.4) is 0 Å². The molecule has 3 rings (SSSR count). The van der Waals surface area contributed by atoms with Gasteiger partial charge in [-0.1, -0.05) is 54.1 Å². The first-order chi connectivity index (χ1) is 16.5. The van der Waals surface area contributed by atoms with Gasteiger partial charge in [-0.05, 0) is 30.2 Å². The van der Waals surface area contributed by atoms with Crippen molar-refractivity contribution >= 4 is 23.5 Å². The molecular formula is C26H34ClN3O4. The highest BCUT2D eigenvalue weighted by atomic mass is 35.5. The highest BCUT2D eigenvalue weighted by Gasteiger charge is 2.26. The van der Waals surface area contributed by atoms with Crippen molar-refractivity contribution in [2.45, 2.75) is 25.5 Å². The van der Waals surface area contributed by atoms with Crippen LogP contribution in [0.25, 0.3) is 0 Å². The van der Waals surface area contributed by atoms with E-state index in [9.17, 15) is 9.59 Å². The van der Waals surface area contributed by atoms with E-state index in [0.717, 1.165) is 37.7 Å². The molecule has 0 bridgehead atoms. The zero-order valence-corrected chi connectivity index (χ0v) is 20.7. The molecule has 2 unspecified atom stereocenters. The second-order valence-electron chi connectivity index (χ2n) is 8.47. The minimum Gasteiger partial charge on any atom is -0.460 e. The van der Waals surface area contributed by atoms with Crippen molar-refractivity contribution in [3.63, 3.8) is 0 Å². The molecule has 0 aliphatic carbocycles. The number of rotatable bonds is 11. The number of hydrogen-bond donors (Lipinski definition) is 1. The van der Waals surface area contributed by atoms with Crippen molar-refractivity contribution in [2.75, 3.05) is 53.0 Å². The van der Waals surface area contributed by atoms with Crippen LogP contribution in [0, 0.1) is 0 Å². The van der Waals surface area contributed by atoms with Crippen LogP contribution in [0.4, 0.5) is 0 Å². The lowest BCUT2D eigenvalue weighted by Gasteiger charge is -2.39. The average Bonchev–Trinajstić information content (AvgIpc) is 2.84. The van der Waals surface area contributed by atoms with Gasteiger partial charge in [-0.25, -0.2) is 4.79 Å². The molecule has 0 aromatic heterocycles. The Morgan fingerprint density at radius 2 is 1.65 bits per heavy atom. The van der Waals surface area contributed by atoms with E-state index in [0.29, 0.717) is 6.61 Å². The van der Waals surface area contributed by atoms with Gasteiger partial charge in [0, 0.05) is 44.8 Å². The number of halogens is 1. The van der Waals surface area contributed by atoms with E-state index in [1.807, 2.05) is 18.2 Å². The Labute approximate surface area is 207 Å². The van der Waals surface area contributed by atoms with Crippen LogP contribution < -0.4 is 5.32 Å². The van der Waals surface area contributed by atoms with Crippen molar-refractivity contribution in [3.05, 3.63) is 70.7 Å². The first kappa shape index (κ1) is 26.2.